The van der Waals surface area contributed by atoms with E-state index in [1.807, 2.05) is 19.2 Å². The van der Waals surface area contributed by atoms with Crippen LogP contribution < -0.4 is 16.1 Å². The van der Waals surface area contributed by atoms with Crippen molar-refractivity contribution >= 4 is 23.7 Å². The highest BCUT2D eigenvalue weighted by Gasteiger charge is 2.37. The molecule has 6 nitrogen and oxygen atoms in total. The average Bonchev–Trinajstić information content (AvgIpc) is 2.64. The highest BCUT2D eigenvalue weighted by atomic mass is 16.2. The number of anilines is 1. The van der Waals surface area contributed by atoms with Crippen molar-refractivity contribution in [1.29, 1.82) is 0 Å². The van der Waals surface area contributed by atoms with Crippen LogP contribution in [0.15, 0.2) is 41.1 Å². The number of amides is 2. The second-order valence-electron chi connectivity index (χ2n) is 5.34. The Morgan fingerprint density at radius 3 is 2.62 bits per heavy atom. The molecule has 6 heteroatoms. The molecule has 0 spiro atoms. The van der Waals surface area contributed by atoms with Crippen LogP contribution in [-0.2, 0) is 15.0 Å². The van der Waals surface area contributed by atoms with Crippen molar-refractivity contribution in [2.75, 3.05) is 11.9 Å². The number of primary amides is 1. The lowest BCUT2D eigenvalue weighted by atomic mass is 9.84. The number of rotatable bonds is 2. The molecule has 21 heavy (non-hydrogen) atoms. The first-order valence-electron chi connectivity index (χ1n) is 6.52. The minimum absolute atomic E-state index is 0.162. The maximum absolute atomic E-state index is 11.0. The number of carbonyl (C=O) groups excluding carboxylic acids is 2. The lowest BCUT2D eigenvalue weighted by molar-refractivity contribution is -0.137. The highest BCUT2D eigenvalue weighted by molar-refractivity contribution is 6.34. The molecule has 1 heterocycles. The zero-order chi connectivity index (χ0) is 15.6. The Hall–Kier alpha value is -2.63. The Morgan fingerprint density at radius 1 is 1.33 bits per heavy atom. The van der Waals surface area contributed by atoms with Crippen LogP contribution in [0.2, 0.25) is 0 Å². The van der Waals surface area contributed by atoms with Crippen molar-refractivity contribution in [2.24, 2.45) is 10.8 Å². The number of likely N-dealkylation sites (N-methyl/N-ethyl adjacent to an activating group) is 1. The second kappa shape index (κ2) is 5.40. The van der Waals surface area contributed by atoms with Gasteiger partial charge in [-0.15, -0.1) is 0 Å². The molecule has 0 saturated carbocycles. The van der Waals surface area contributed by atoms with E-state index in [0.717, 1.165) is 11.4 Å². The number of fused-ring (bicyclic) bond motifs is 1. The molecular weight excluding hydrogens is 268 g/mol. The van der Waals surface area contributed by atoms with Crippen LogP contribution in [0.5, 0.6) is 0 Å². The molecule has 0 bridgehead atoms. The van der Waals surface area contributed by atoms with Crippen molar-refractivity contribution in [3.8, 4) is 0 Å². The Bertz CT molecular complexity index is 647. The maximum atomic E-state index is 11.0. The number of nitrogens with one attached hydrogen (secondary N) is 1. The van der Waals surface area contributed by atoms with Crippen molar-refractivity contribution < 1.29 is 9.59 Å². The van der Waals surface area contributed by atoms with Crippen molar-refractivity contribution in [2.45, 2.75) is 19.3 Å². The number of hydrogen-bond donors (Lipinski definition) is 2. The van der Waals surface area contributed by atoms with Crippen LogP contribution in [0, 0.1) is 0 Å². The van der Waals surface area contributed by atoms with Crippen LogP contribution in [0.1, 0.15) is 19.4 Å². The third-order valence-corrected chi connectivity index (χ3v) is 3.64. The Labute approximate surface area is 123 Å². The monoisotopic (exact) mass is 286 g/mol. The smallest absolute Gasteiger partial charge is 0.329 e. The molecule has 0 aromatic heterocycles. The summed E-state index contributed by atoms with van der Waals surface area (Å²) in [6.07, 6.45) is 3.25. The van der Waals surface area contributed by atoms with Gasteiger partial charge in [-0.2, -0.15) is 5.10 Å². The minimum atomic E-state index is -1.06. The molecule has 3 N–H and O–H groups in total. The van der Waals surface area contributed by atoms with Gasteiger partial charge in [-0.3, -0.25) is 9.59 Å². The predicted molar refractivity (Wildman–Crippen MR) is 81.8 cm³/mol. The van der Waals surface area contributed by atoms with Crippen LogP contribution >= 0.6 is 0 Å². The normalized spacial score (nSPS) is 18.0. The molecule has 1 aliphatic heterocycles. The lowest BCUT2D eigenvalue weighted by Crippen LogP contribution is -2.32. The summed E-state index contributed by atoms with van der Waals surface area (Å²) in [7, 11) is 1.98. The maximum Gasteiger partial charge on any atom is 0.329 e. The largest absolute Gasteiger partial charge is 0.361 e. The van der Waals surface area contributed by atoms with Gasteiger partial charge in [0.25, 0.3) is 0 Å². The van der Waals surface area contributed by atoms with Crippen LogP contribution in [0.3, 0.4) is 0 Å². The van der Waals surface area contributed by atoms with Gasteiger partial charge in [-0.05, 0) is 17.7 Å². The van der Waals surface area contributed by atoms with E-state index >= 15 is 0 Å². The fourth-order valence-electron chi connectivity index (χ4n) is 2.56. The van der Waals surface area contributed by atoms with Gasteiger partial charge in [0, 0.05) is 30.1 Å². The number of allylic oxidation sites excluding steroid dienone is 2. The van der Waals surface area contributed by atoms with E-state index in [0.29, 0.717) is 0 Å². The summed E-state index contributed by atoms with van der Waals surface area (Å²) in [5.41, 5.74) is 10.1. The fraction of sp³-hybridized carbons (Fsp3) is 0.267. The van der Waals surface area contributed by atoms with E-state index < -0.39 is 11.8 Å². The summed E-state index contributed by atoms with van der Waals surface area (Å²) in [5.74, 6) is -2.00. The molecule has 1 aromatic carbocycles. The highest BCUT2D eigenvalue weighted by Crippen LogP contribution is 2.46. The standard InChI is InChI=1S/C15H18N4O2/c1-15(2)10-6-4-5-7-11(10)19(3)12(15)8-9-17-18-14(21)13(16)20/h4-9H,1-3H3,(H2,16,20)(H,18,21)/b12-8-,17-9-. The lowest BCUT2D eigenvalue weighted by Gasteiger charge is -2.23. The number of hydrogen-bond acceptors (Lipinski definition) is 4. The fourth-order valence-corrected chi connectivity index (χ4v) is 2.56. The number of nitrogens with two attached hydrogens (primary N) is 1. The van der Waals surface area contributed by atoms with Crippen molar-refractivity contribution in [1.82, 2.24) is 5.43 Å². The molecule has 1 aromatic rings. The summed E-state index contributed by atoms with van der Waals surface area (Å²) < 4.78 is 0. The summed E-state index contributed by atoms with van der Waals surface area (Å²) in [5, 5.41) is 3.69. The number of benzene rings is 1. The van der Waals surface area contributed by atoms with Gasteiger partial charge in [0.15, 0.2) is 0 Å². The van der Waals surface area contributed by atoms with Crippen LogP contribution in [0.25, 0.3) is 0 Å². The molecule has 0 aliphatic carbocycles. The average molecular weight is 286 g/mol. The molecule has 0 fully saturated rings. The zero-order valence-electron chi connectivity index (χ0n) is 12.3. The van der Waals surface area contributed by atoms with Gasteiger partial charge in [-0.25, -0.2) is 5.43 Å². The van der Waals surface area contributed by atoms with E-state index in [-0.39, 0.29) is 5.41 Å². The van der Waals surface area contributed by atoms with E-state index in [1.54, 1.807) is 6.08 Å². The Kier molecular flexibility index (Phi) is 3.80. The summed E-state index contributed by atoms with van der Waals surface area (Å²) >= 11 is 0. The molecule has 110 valence electrons. The van der Waals surface area contributed by atoms with Crippen LogP contribution in [0.4, 0.5) is 5.69 Å². The van der Waals surface area contributed by atoms with Gasteiger partial charge < -0.3 is 10.6 Å². The van der Waals surface area contributed by atoms with Gasteiger partial charge in [0.1, 0.15) is 0 Å². The SMILES string of the molecule is CN1/C(=C\C=N/NC(=O)C(N)=O)C(C)(C)c2ccccc21. The van der Waals surface area contributed by atoms with E-state index in [1.165, 1.54) is 11.8 Å². The quantitative estimate of drug-likeness (QED) is 0.481. The first kappa shape index (κ1) is 14.8. The first-order valence-corrected chi connectivity index (χ1v) is 6.52. The van der Waals surface area contributed by atoms with Crippen molar-refractivity contribution in [3.63, 3.8) is 0 Å². The van der Waals surface area contributed by atoms with Gasteiger partial charge in [-0.1, -0.05) is 32.0 Å². The van der Waals surface area contributed by atoms with Crippen LogP contribution in [-0.4, -0.2) is 25.1 Å². The van der Waals surface area contributed by atoms with Gasteiger partial charge in [0.2, 0.25) is 0 Å². The molecule has 0 radical (unpaired) electrons. The second-order valence-corrected chi connectivity index (χ2v) is 5.34. The van der Waals surface area contributed by atoms with Gasteiger partial charge >= 0.3 is 11.8 Å². The first-order chi connectivity index (χ1) is 9.85. The summed E-state index contributed by atoms with van der Waals surface area (Å²) in [6, 6.07) is 8.16. The third-order valence-electron chi connectivity index (χ3n) is 3.64. The molecule has 1 aliphatic rings. The van der Waals surface area contributed by atoms with E-state index in [4.69, 9.17) is 5.73 Å². The molecule has 0 atom stereocenters. The molecule has 2 rings (SSSR count). The van der Waals surface area contributed by atoms with E-state index in [9.17, 15) is 9.59 Å². The minimum Gasteiger partial charge on any atom is -0.361 e. The molecule has 0 saturated heterocycles. The number of para-hydroxylation sites is 1. The summed E-state index contributed by atoms with van der Waals surface area (Å²) in [4.78, 5) is 23.6. The molecular formula is C15H18N4O2. The predicted octanol–water partition coefficient (Wildman–Crippen LogP) is 0.885. The van der Waals surface area contributed by atoms with Crippen molar-refractivity contribution in [3.05, 3.63) is 41.6 Å². The summed E-state index contributed by atoms with van der Waals surface area (Å²) in [6.45, 7) is 4.24. The topological polar surface area (TPSA) is 87.8 Å². The number of nitrogens with zero attached hydrogens (tertiary/aromatic N) is 2. The van der Waals surface area contributed by atoms with E-state index in [2.05, 4.69) is 41.4 Å². The molecule has 2 amide bonds. The third kappa shape index (κ3) is 2.65. The van der Waals surface area contributed by atoms with Gasteiger partial charge in [0.05, 0.1) is 0 Å². The Balaban J connectivity index is 2.22. The number of carbonyl (C=O) groups is 2. The molecule has 0 unspecified atom stereocenters. The number of hydrazone groups is 1. The zero-order valence-corrected chi connectivity index (χ0v) is 12.3. The Morgan fingerprint density at radius 2 is 2.00 bits per heavy atom.